The van der Waals surface area contributed by atoms with Crippen LogP contribution in [0.4, 0.5) is 0 Å². The minimum atomic E-state index is 0.353. The number of rotatable bonds is 5. The van der Waals surface area contributed by atoms with Gasteiger partial charge < -0.3 is 19.7 Å². The minimum absolute atomic E-state index is 0.353. The lowest BCUT2D eigenvalue weighted by molar-refractivity contribution is 0.156. The van der Waals surface area contributed by atoms with E-state index in [1.165, 1.54) is 18.4 Å². The summed E-state index contributed by atoms with van der Waals surface area (Å²) in [6.07, 6.45) is 2.38. The molecule has 3 rings (SSSR count). The third kappa shape index (κ3) is 4.46. The van der Waals surface area contributed by atoms with Crippen LogP contribution in [0.1, 0.15) is 38.2 Å². The number of ether oxygens (including phenoxy) is 2. The van der Waals surface area contributed by atoms with Crippen molar-refractivity contribution in [2.24, 2.45) is 10.4 Å². The molecule has 2 heterocycles. The number of hydrogen-bond donors (Lipinski definition) is 1. The Hall–Kier alpha value is -1.75. The zero-order valence-electron chi connectivity index (χ0n) is 15.8. The smallest absolute Gasteiger partial charge is 0.193 e. The average molecular weight is 345 g/mol. The molecule has 2 saturated heterocycles. The third-order valence-electron chi connectivity index (χ3n) is 5.34. The molecular formula is C20H31N3O2. The second kappa shape index (κ2) is 8.09. The van der Waals surface area contributed by atoms with Gasteiger partial charge in [-0.2, -0.15) is 0 Å². The molecule has 1 unspecified atom stereocenters. The Bertz CT molecular complexity index is 577. The van der Waals surface area contributed by atoms with E-state index in [4.69, 9.17) is 9.47 Å². The fraction of sp³-hybridized carbons (Fsp3) is 0.650. The molecule has 0 aromatic heterocycles. The molecule has 0 amide bonds. The van der Waals surface area contributed by atoms with Crippen LogP contribution >= 0.6 is 0 Å². The van der Waals surface area contributed by atoms with Gasteiger partial charge in [0.25, 0.3) is 0 Å². The van der Waals surface area contributed by atoms with Crippen molar-refractivity contribution in [2.75, 3.05) is 46.5 Å². The number of aliphatic imine (C=N–C) groups is 1. The first-order valence-corrected chi connectivity index (χ1v) is 9.38. The molecule has 2 fully saturated rings. The minimum Gasteiger partial charge on any atom is -0.492 e. The molecule has 2 aliphatic rings. The monoisotopic (exact) mass is 345 g/mol. The molecule has 0 aliphatic carbocycles. The van der Waals surface area contributed by atoms with E-state index in [1.54, 1.807) is 0 Å². The van der Waals surface area contributed by atoms with Crippen molar-refractivity contribution in [1.29, 1.82) is 0 Å². The molecule has 5 heteroatoms. The molecule has 25 heavy (non-hydrogen) atoms. The number of hydrogen-bond acceptors (Lipinski definition) is 3. The molecule has 5 nitrogen and oxygen atoms in total. The normalized spacial score (nSPS) is 23.7. The van der Waals surface area contributed by atoms with E-state index in [0.29, 0.717) is 17.9 Å². The van der Waals surface area contributed by atoms with Crippen LogP contribution in [0.2, 0.25) is 0 Å². The first-order valence-electron chi connectivity index (χ1n) is 9.38. The third-order valence-corrected chi connectivity index (χ3v) is 5.34. The topological polar surface area (TPSA) is 46.1 Å². The predicted molar refractivity (Wildman–Crippen MR) is 101 cm³/mol. The quantitative estimate of drug-likeness (QED) is 0.506. The van der Waals surface area contributed by atoms with E-state index >= 15 is 0 Å². The Kier molecular flexibility index (Phi) is 5.84. The SMILES string of the molecule is CN=C(NCCOc1ccc(C(C)C)cc1)N1CCC2(CCOC2)C1. The highest BCUT2D eigenvalue weighted by molar-refractivity contribution is 5.80. The van der Waals surface area contributed by atoms with E-state index in [1.807, 2.05) is 7.05 Å². The first-order chi connectivity index (χ1) is 12.1. The van der Waals surface area contributed by atoms with Gasteiger partial charge in [0.1, 0.15) is 12.4 Å². The summed E-state index contributed by atoms with van der Waals surface area (Å²) in [4.78, 5) is 6.79. The van der Waals surface area contributed by atoms with Crippen LogP contribution in [-0.4, -0.2) is 57.4 Å². The van der Waals surface area contributed by atoms with E-state index in [9.17, 15) is 0 Å². The van der Waals surface area contributed by atoms with Crippen molar-refractivity contribution in [3.63, 3.8) is 0 Å². The van der Waals surface area contributed by atoms with Crippen molar-refractivity contribution < 1.29 is 9.47 Å². The molecule has 0 radical (unpaired) electrons. The second-order valence-electron chi connectivity index (χ2n) is 7.52. The highest BCUT2D eigenvalue weighted by atomic mass is 16.5. The van der Waals surface area contributed by atoms with Gasteiger partial charge in [-0.3, -0.25) is 4.99 Å². The van der Waals surface area contributed by atoms with Crippen LogP contribution in [0.3, 0.4) is 0 Å². The van der Waals surface area contributed by atoms with Crippen LogP contribution in [0, 0.1) is 5.41 Å². The summed E-state index contributed by atoms with van der Waals surface area (Å²) in [5.74, 6) is 2.44. The standard InChI is InChI=1S/C20H31N3O2/c1-16(2)17-4-6-18(7-5-17)25-13-10-22-19(21-3)23-11-8-20(14-23)9-12-24-15-20/h4-7,16H,8-15H2,1-3H3,(H,21,22). The van der Waals surface area contributed by atoms with Gasteiger partial charge in [-0.15, -0.1) is 0 Å². The van der Waals surface area contributed by atoms with Crippen LogP contribution in [0.15, 0.2) is 29.3 Å². The summed E-state index contributed by atoms with van der Waals surface area (Å²) in [7, 11) is 1.85. The lowest BCUT2D eigenvalue weighted by Gasteiger charge is -2.24. The van der Waals surface area contributed by atoms with E-state index in [2.05, 4.69) is 53.3 Å². The molecule has 138 valence electrons. The number of nitrogens with zero attached hydrogens (tertiary/aromatic N) is 2. The van der Waals surface area contributed by atoms with Crippen molar-refractivity contribution in [3.8, 4) is 5.75 Å². The van der Waals surface area contributed by atoms with Crippen molar-refractivity contribution in [3.05, 3.63) is 29.8 Å². The molecule has 2 aliphatic heterocycles. The van der Waals surface area contributed by atoms with Gasteiger partial charge >= 0.3 is 0 Å². The Morgan fingerprint density at radius 3 is 2.76 bits per heavy atom. The maximum absolute atomic E-state index is 5.84. The van der Waals surface area contributed by atoms with Gasteiger partial charge in [-0.05, 0) is 36.5 Å². The zero-order valence-corrected chi connectivity index (χ0v) is 15.8. The highest BCUT2D eigenvalue weighted by Gasteiger charge is 2.42. The van der Waals surface area contributed by atoms with Crippen LogP contribution in [0.25, 0.3) is 0 Å². The highest BCUT2D eigenvalue weighted by Crippen LogP contribution is 2.38. The average Bonchev–Trinajstić information content (AvgIpc) is 3.25. The maximum atomic E-state index is 5.84. The number of benzene rings is 1. The van der Waals surface area contributed by atoms with Gasteiger partial charge in [0.2, 0.25) is 0 Å². The Labute approximate surface area is 151 Å². The Morgan fingerprint density at radius 2 is 2.12 bits per heavy atom. The Morgan fingerprint density at radius 1 is 1.32 bits per heavy atom. The fourth-order valence-corrected chi connectivity index (χ4v) is 3.70. The lowest BCUT2D eigenvalue weighted by Crippen LogP contribution is -2.42. The van der Waals surface area contributed by atoms with Crippen LogP contribution in [-0.2, 0) is 4.74 Å². The van der Waals surface area contributed by atoms with Gasteiger partial charge in [-0.1, -0.05) is 26.0 Å². The first kappa shape index (κ1) is 18.1. The van der Waals surface area contributed by atoms with E-state index in [-0.39, 0.29) is 0 Å². The molecule has 1 aromatic carbocycles. The number of likely N-dealkylation sites (tertiary alicyclic amines) is 1. The number of nitrogens with one attached hydrogen (secondary N) is 1. The number of guanidine groups is 1. The van der Waals surface area contributed by atoms with Crippen molar-refractivity contribution in [2.45, 2.75) is 32.6 Å². The molecule has 1 atom stereocenters. The Balaban J connectivity index is 1.41. The van der Waals surface area contributed by atoms with Gasteiger partial charge in [0.15, 0.2) is 5.96 Å². The fourth-order valence-electron chi connectivity index (χ4n) is 3.70. The molecule has 1 aromatic rings. The molecule has 1 spiro atoms. The molecule has 0 bridgehead atoms. The summed E-state index contributed by atoms with van der Waals surface area (Å²) in [5, 5.41) is 3.43. The lowest BCUT2D eigenvalue weighted by atomic mass is 9.87. The second-order valence-corrected chi connectivity index (χ2v) is 7.52. The van der Waals surface area contributed by atoms with Gasteiger partial charge in [0, 0.05) is 32.2 Å². The molecule has 0 saturated carbocycles. The summed E-state index contributed by atoms with van der Waals surface area (Å²) < 4.78 is 11.4. The maximum Gasteiger partial charge on any atom is 0.193 e. The van der Waals surface area contributed by atoms with E-state index in [0.717, 1.165) is 44.6 Å². The van der Waals surface area contributed by atoms with Crippen molar-refractivity contribution >= 4 is 5.96 Å². The molecular weight excluding hydrogens is 314 g/mol. The summed E-state index contributed by atoms with van der Waals surface area (Å²) in [5.41, 5.74) is 1.69. The van der Waals surface area contributed by atoms with Crippen molar-refractivity contribution in [1.82, 2.24) is 10.2 Å². The van der Waals surface area contributed by atoms with Crippen LogP contribution < -0.4 is 10.1 Å². The van der Waals surface area contributed by atoms with Gasteiger partial charge in [0.05, 0.1) is 13.2 Å². The summed E-state index contributed by atoms with van der Waals surface area (Å²) >= 11 is 0. The largest absolute Gasteiger partial charge is 0.492 e. The van der Waals surface area contributed by atoms with Gasteiger partial charge in [-0.25, -0.2) is 0 Å². The molecule has 1 N–H and O–H groups in total. The zero-order chi connectivity index (χ0) is 17.7. The van der Waals surface area contributed by atoms with Crippen LogP contribution in [0.5, 0.6) is 5.75 Å². The summed E-state index contributed by atoms with van der Waals surface area (Å²) in [6, 6.07) is 8.38. The summed E-state index contributed by atoms with van der Waals surface area (Å²) in [6.45, 7) is 9.68. The van der Waals surface area contributed by atoms with E-state index < -0.39 is 0 Å². The predicted octanol–water partition coefficient (Wildman–Crippen LogP) is 2.88.